The van der Waals surface area contributed by atoms with Crippen molar-refractivity contribution in [3.8, 4) is 0 Å². The summed E-state index contributed by atoms with van der Waals surface area (Å²) in [6, 6.07) is 6.30. The highest BCUT2D eigenvalue weighted by atomic mass is 15.3. The minimum atomic E-state index is 0.713. The van der Waals surface area contributed by atoms with Gasteiger partial charge in [-0.05, 0) is 37.5 Å². The van der Waals surface area contributed by atoms with Gasteiger partial charge in [0.1, 0.15) is 12.2 Å². The lowest BCUT2D eigenvalue weighted by Crippen LogP contribution is -2.10. The molecule has 0 unspecified atom stereocenters. The van der Waals surface area contributed by atoms with Gasteiger partial charge < -0.3 is 5.32 Å². The van der Waals surface area contributed by atoms with Crippen LogP contribution in [0.1, 0.15) is 30.3 Å². The lowest BCUT2D eigenvalue weighted by atomic mass is 10.1. The van der Waals surface area contributed by atoms with E-state index < -0.39 is 0 Å². The molecule has 1 aromatic heterocycles. The van der Waals surface area contributed by atoms with Crippen molar-refractivity contribution in [2.75, 3.05) is 5.32 Å². The molecule has 4 heteroatoms. The van der Waals surface area contributed by atoms with Gasteiger partial charge in [0.2, 0.25) is 0 Å². The summed E-state index contributed by atoms with van der Waals surface area (Å²) in [5.41, 5.74) is 3.76. The van der Waals surface area contributed by atoms with E-state index in [9.17, 15) is 0 Å². The van der Waals surface area contributed by atoms with E-state index in [0.29, 0.717) is 6.54 Å². The standard InChI is InChI=1S/C14H20N4/c1-4-8-18-14(16-10-17-18)9-15-13-7-5-6-11(2)12(13)3/h5-7,10,15H,4,8-9H2,1-3H3. The van der Waals surface area contributed by atoms with Crippen molar-refractivity contribution < 1.29 is 0 Å². The van der Waals surface area contributed by atoms with Gasteiger partial charge in [-0.1, -0.05) is 19.1 Å². The third kappa shape index (κ3) is 2.70. The quantitative estimate of drug-likeness (QED) is 0.879. The van der Waals surface area contributed by atoms with Crippen LogP contribution in [0.5, 0.6) is 0 Å². The fourth-order valence-corrected chi connectivity index (χ4v) is 1.94. The Morgan fingerprint density at radius 2 is 2.11 bits per heavy atom. The summed E-state index contributed by atoms with van der Waals surface area (Å²) >= 11 is 0. The highest BCUT2D eigenvalue weighted by Crippen LogP contribution is 2.18. The second-order valence-electron chi connectivity index (χ2n) is 4.50. The number of anilines is 1. The maximum Gasteiger partial charge on any atom is 0.146 e. The Morgan fingerprint density at radius 1 is 1.28 bits per heavy atom. The van der Waals surface area contributed by atoms with Crippen LogP contribution in [-0.2, 0) is 13.1 Å². The minimum Gasteiger partial charge on any atom is -0.378 e. The minimum absolute atomic E-state index is 0.713. The molecule has 1 heterocycles. The molecule has 0 atom stereocenters. The molecule has 96 valence electrons. The predicted molar refractivity (Wildman–Crippen MR) is 73.6 cm³/mol. The van der Waals surface area contributed by atoms with E-state index in [4.69, 9.17) is 0 Å². The number of benzene rings is 1. The molecule has 0 fully saturated rings. The summed E-state index contributed by atoms with van der Waals surface area (Å²) in [5.74, 6) is 0.984. The molecule has 2 aromatic rings. The van der Waals surface area contributed by atoms with E-state index in [0.717, 1.165) is 18.8 Å². The molecular weight excluding hydrogens is 224 g/mol. The van der Waals surface area contributed by atoms with Crippen molar-refractivity contribution in [2.45, 2.75) is 40.3 Å². The van der Waals surface area contributed by atoms with Crippen molar-refractivity contribution in [1.82, 2.24) is 14.8 Å². The van der Waals surface area contributed by atoms with Crippen molar-refractivity contribution in [3.63, 3.8) is 0 Å². The SMILES string of the molecule is CCCn1ncnc1CNc1cccc(C)c1C. The molecule has 0 saturated heterocycles. The molecule has 0 amide bonds. The number of nitrogens with one attached hydrogen (secondary N) is 1. The number of rotatable bonds is 5. The highest BCUT2D eigenvalue weighted by Gasteiger charge is 2.05. The summed E-state index contributed by atoms with van der Waals surface area (Å²) in [5, 5.41) is 7.66. The van der Waals surface area contributed by atoms with Gasteiger partial charge >= 0.3 is 0 Å². The molecular formula is C14H20N4. The molecule has 1 N–H and O–H groups in total. The molecule has 0 aliphatic rings. The first-order valence-corrected chi connectivity index (χ1v) is 6.39. The first-order valence-electron chi connectivity index (χ1n) is 6.39. The van der Waals surface area contributed by atoms with Crippen molar-refractivity contribution in [1.29, 1.82) is 0 Å². The molecule has 0 bridgehead atoms. The average Bonchev–Trinajstić information content (AvgIpc) is 2.79. The van der Waals surface area contributed by atoms with E-state index in [1.54, 1.807) is 6.33 Å². The van der Waals surface area contributed by atoms with Crippen LogP contribution in [-0.4, -0.2) is 14.8 Å². The smallest absolute Gasteiger partial charge is 0.146 e. The van der Waals surface area contributed by atoms with Crippen molar-refractivity contribution >= 4 is 5.69 Å². The maximum absolute atomic E-state index is 4.29. The zero-order valence-corrected chi connectivity index (χ0v) is 11.3. The summed E-state index contributed by atoms with van der Waals surface area (Å²) < 4.78 is 1.96. The van der Waals surface area contributed by atoms with E-state index in [2.05, 4.69) is 54.4 Å². The maximum atomic E-state index is 4.29. The van der Waals surface area contributed by atoms with Gasteiger partial charge in [0, 0.05) is 12.2 Å². The number of hydrogen-bond acceptors (Lipinski definition) is 3. The number of nitrogens with zero attached hydrogens (tertiary/aromatic N) is 3. The lowest BCUT2D eigenvalue weighted by Gasteiger charge is -2.11. The van der Waals surface area contributed by atoms with Crippen LogP contribution in [0.4, 0.5) is 5.69 Å². The van der Waals surface area contributed by atoms with Crippen molar-refractivity contribution in [3.05, 3.63) is 41.5 Å². The summed E-state index contributed by atoms with van der Waals surface area (Å²) in [6.07, 6.45) is 2.69. The molecule has 4 nitrogen and oxygen atoms in total. The Hall–Kier alpha value is -1.84. The third-order valence-electron chi connectivity index (χ3n) is 3.17. The topological polar surface area (TPSA) is 42.7 Å². The van der Waals surface area contributed by atoms with Crippen LogP contribution in [0.25, 0.3) is 0 Å². The van der Waals surface area contributed by atoms with Gasteiger partial charge in [-0.3, -0.25) is 0 Å². The van der Waals surface area contributed by atoms with E-state index in [-0.39, 0.29) is 0 Å². The van der Waals surface area contributed by atoms with Crippen molar-refractivity contribution in [2.24, 2.45) is 0 Å². The average molecular weight is 244 g/mol. The summed E-state index contributed by atoms with van der Waals surface area (Å²) in [4.78, 5) is 4.29. The van der Waals surface area contributed by atoms with E-state index in [1.165, 1.54) is 16.8 Å². The molecule has 18 heavy (non-hydrogen) atoms. The molecule has 0 saturated carbocycles. The lowest BCUT2D eigenvalue weighted by molar-refractivity contribution is 0.574. The summed E-state index contributed by atoms with van der Waals surface area (Å²) in [7, 11) is 0. The first kappa shape index (κ1) is 12.6. The van der Waals surface area contributed by atoms with Gasteiger partial charge in [-0.15, -0.1) is 0 Å². The Morgan fingerprint density at radius 3 is 2.89 bits per heavy atom. The van der Waals surface area contributed by atoms with Crippen LogP contribution in [0.15, 0.2) is 24.5 Å². The van der Waals surface area contributed by atoms with Crippen LogP contribution < -0.4 is 5.32 Å². The van der Waals surface area contributed by atoms with E-state index >= 15 is 0 Å². The zero-order valence-electron chi connectivity index (χ0n) is 11.3. The number of hydrogen-bond donors (Lipinski definition) is 1. The first-order chi connectivity index (χ1) is 8.72. The molecule has 0 spiro atoms. The molecule has 0 radical (unpaired) electrons. The predicted octanol–water partition coefficient (Wildman–Crippen LogP) is 2.92. The van der Waals surface area contributed by atoms with Crippen LogP contribution in [0.2, 0.25) is 0 Å². The van der Waals surface area contributed by atoms with Gasteiger partial charge in [-0.25, -0.2) is 9.67 Å². The largest absolute Gasteiger partial charge is 0.378 e. The van der Waals surface area contributed by atoms with Gasteiger partial charge in [0.25, 0.3) is 0 Å². The fourth-order valence-electron chi connectivity index (χ4n) is 1.94. The van der Waals surface area contributed by atoms with Gasteiger partial charge in [0.05, 0.1) is 6.54 Å². The van der Waals surface area contributed by atoms with Gasteiger partial charge in [-0.2, -0.15) is 5.10 Å². The van der Waals surface area contributed by atoms with Crippen LogP contribution in [0.3, 0.4) is 0 Å². The normalized spacial score (nSPS) is 10.6. The second-order valence-corrected chi connectivity index (χ2v) is 4.50. The molecule has 0 aliphatic carbocycles. The Kier molecular flexibility index (Phi) is 3.97. The zero-order chi connectivity index (χ0) is 13.0. The van der Waals surface area contributed by atoms with Crippen LogP contribution >= 0.6 is 0 Å². The molecule has 0 aliphatic heterocycles. The molecule has 2 rings (SSSR count). The third-order valence-corrected chi connectivity index (χ3v) is 3.17. The van der Waals surface area contributed by atoms with Crippen LogP contribution in [0, 0.1) is 13.8 Å². The Balaban J connectivity index is 2.07. The van der Waals surface area contributed by atoms with E-state index in [1.807, 2.05) is 4.68 Å². The fraction of sp³-hybridized carbons (Fsp3) is 0.429. The monoisotopic (exact) mass is 244 g/mol. The Labute approximate surface area is 108 Å². The molecule has 1 aromatic carbocycles. The summed E-state index contributed by atoms with van der Waals surface area (Å²) in [6.45, 7) is 8.03. The van der Waals surface area contributed by atoms with Gasteiger partial charge in [0.15, 0.2) is 0 Å². The second kappa shape index (κ2) is 5.67. The number of aromatic nitrogens is 3. The Bertz CT molecular complexity index is 516. The highest BCUT2D eigenvalue weighted by molar-refractivity contribution is 5.53. The number of aryl methyl sites for hydroxylation is 2.